The smallest absolute Gasteiger partial charge is 0.255 e. The minimum atomic E-state index is -0.592. The topological polar surface area (TPSA) is 29.1 Å². The van der Waals surface area contributed by atoms with Crippen LogP contribution in [0.15, 0.2) is 18.2 Å². The average Bonchev–Trinajstić information content (AvgIpc) is 2.29. The molecule has 0 spiro atoms. The van der Waals surface area contributed by atoms with E-state index in [9.17, 15) is 9.18 Å². The molecule has 0 heterocycles. The zero-order valence-electron chi connectivity index (χ0n) is 9.81. The predicted molar refractivity (Wildman–Crippen MR) is 65.4 cm³/mol. The Balaban J connectivity index is 0.00000106. The second kappa shape index (κ2) is 8.11. The van der Waals surface area contributed by atoms with E-state index in [1.807, 2.05) is 20.8 Å². The van der Waals surface area contributed by atoms with Crippen molar-refractivity contribution >= 4 is 17.5 Å². The number of nitrogens with one attached hydrogen (secondary N) is 1. The zero-order chi connectivity index (χ0) is 12.6. The molecular formula is C12H17ClFNO. The molecule has 90 valence electrons. The Hall–Kier alpha value is -1.09. The highest BCUT2D eigenvalue weighted by Crippen LogP contribution is 2.18. The van der Waals surface area contributed by atoms with E-state index in [0.29, 0.717) is 6.54 Å². The fraction of sp³-hybridized carbons (Fsp3) is 0.417. The van der Waals surface area contributed by atoms with Crippen molar-refractivity contribution in [1.82, 2.24) is 5.32 Å². The normalized spacial score (nSPS) is 9.06. The highest BCUT2D eigenvalue weighted by molar-refractivity contribution is 6.33. The van der Waals surface area contributed by atoms with Gasteiger partial charge in [-0.3, -0.25) is 4.79 Å². The number of hydrogen-bond donors (Lipinski definition) is 1. The molecule has 4 heteroatoms. The van der Waals surface area contributed by atoms with E-state index in [2.05, 4.69) is 5.32 Å². The molecule has 0 fully saturated rings. The highest BCUT2D eigenvalue weighted by atomic mass is 35.5. The number of carbonyl (C=O) groups is 1. The maximum atomic E-state index is 13.2. The first-order valence-electron chi connectivity index (χ1n) is 5.39. The quantitative estimate of drug-likeness (QED) is 0.866. The van der Waals surface area contributed by atoms with Crippen molar-refractivity contribution in [3.8, 4) is 0 Å². The van der Waals surface area contributed by atoms with Crippen LogP contribution in [-0.4, -0.2) is 12.5 Å². The number of benzene rings is 1. The maximum Gasteiger partial charge on any atom is 0.255 e. The van der Waals surface area contributed by atoms with Gasteiger partial charge >= 0.3 is 0 Å². The van der Waals surface area contributed by atoms with Crippen LogP contribution < -0.4 is 5.32 Å². The van der Waals surface area contributed by atoms with Gasteiger partial charge in [-0.25, -0.2) is 4.39 Å². The van der Waals surface area contributed by atoms with Gasteiger partial charge in [-0.2, -0.15) is 0 Å². The number of hydrogen-bond acceptors (Lipinski definition) is 1. The third-order valence-electron chi connectivity index (χ3n) is 1.73. The molecule has 16 heavy (non-hydrogen) atoms. The minimum Gasteiger partial charge on any atom is -0.352 e. The van der Waals surface area contributed by atoms with Gasteiger partial charge < -0.3 is 5.32 Å². The molecule has 1 amide bonds. The molecule has 0 aliphatic rings. The largest absolute Gasteiger partial charge is 0.352 e. The molecule has 1 aromatic rings. The van der Waals surface area contributed by atoms with Crippen molar-refractivity contribution in [2.75, 3.05) is 6.54 Å². The summed E-state index contributed by atoms with van der Waals surface area (Å²) >= 11 is 5.70. The van der Waals surface area contributed by atoms with Gasteiger partial charge in [0.2, 0.25) is 0 Å². The number of halogens is 2. The molecule has 0 radical (unpaired) electrons. The Labute approximate surface area is 101 Å². The van der Waals surface area contributed by atoms with Crippen molar-refractivity contribution in [1.29, 1.82) is 0 Å². The van der Waals surface area contributed by atoms with Gasteiger partial charge in [0.15, 0.2) is 0 Å². The fourth-order valence-electron chi connectivity index (χ4n) is 1.04. The first kappa shape index (κ1) is 14.9. The molecule has 0 atom stereocenters. The van der Waals surface area contributed by atoms with Gasteiger partial charge in [-0.05, 0) is 18.6 Å². The first-order chi connectivity index (χ1) is 7.66. The molecule has 1 aromatic carbocycles. The van der Waals surface area contributed by atoms with E-state index >= 15 is 0 Å². The van der Waals surface area contributed by atoms with Crippen LogP contribution in [0.25, 0.3) is 0 Å². The monoisotopic (exact) mass is 245 g/mol. The summed E-state index contributed by atoms with van der Waals surface area (Å²) < 4.78 is 13.2. The molecule has 0 saturated carbocycles. The second-order valence-corrected chi connectivity index (χ2v) is 3.26. The molecule has 0 unspecified atom stereocenters. The lowest BCUT2D eigenvalue weighted by Gasteiger charge is -2.05. The average molecular weight is 246 g/mol. The van der Waals surface area contributed by atoms with Crippen LogP contribution >= 0.6 is 11.6 Å². The SMILES string of the molecule is CC.CCCNC(=O)c1c(F)cccc1Cl. The third-order valence-corrected chi connectivity index (χ3v) is 2.04. The summed E-state index contributed by atoms with van der Waals surface area (Å²) in [5, 5.41) is 2.70. The Morgan fingerprint density at radius 2 is 2.06 bits per heavy atom. The molecule has 0 aliphatic heterocycles. The Kier molecular flexibility index (Phi) is 7.56. The summed E-state index contributed by atoms with van der Waals surface area (Å²) in [5.74, 6) is -1.05. The molecular weight excluding hydrogens is 229 g/mol. The zero-order valence-corrected chi connectivity index (χ0v) is 10.6. The van der Waals surface area contributed by atoms with Crippen molar-refractivity contribution in [2.45, 2.75) is 27.2 Å². The van der Waals surface area contributed by atoms with Gasteiger partial charge in [0.1, 0.15) is 5.82 Å². The molecule has 1 N–H and O–H groups in total. The van der Waals surface area contributed by atoms with Crippen LogP contribution in [0.1, 0.15) is 37.6 Å². The highest BCUT2D eigenvalue weighted by Gasteiger charge is 2.14. The molecule has 0 saturated heterocycles. The lowest BCUT2D eigenvalue weighted by atomic mass is 10.2. The third kappa shape index (κ3) is 4.19. The lowest BCUT2D eigenvalue weighted by molar-refractivity contribution is 0.0950. The minimum absolute atomic E-state index is 0.0809. The summed E-state index contributed by atoms with van der Waals surface area (Å²) in [6.07, 6.45) is 0.803. The number of carbonyl (C=O) groups excluding carboxylic acids is 1. The van der Waals surface area contributed by atoms with Gasteiger partial charge in [-0.15, -0.1) is 0 Å². The molecule has 1 rings (SSSR count). The standard InChI is InChI=1S/C10H11ClFNO.C2H6/c1-2-6-13-10(14)9-7(11)4-3-5-8(9)12;1-2/h3-5H,2,6H2,1H3,(H,13,14);1-2H3. The van der Waals surface area contributed by atoms with E-state index in [-0.39, 0.29) is 10.6 Å². The first-order valence-corrected chi connectivity index (χ1v) is 5.76. The van der Waals surface area contributed by atoms with E-state index in [0.717, 1.165) is 6.42 Å². The number of amides is 1. The summed E-state index contributed by atoms with van der Waals surface area (Å²) in [7, 11) is 0. The Morgan fingerprint density at radius 3 is 2.56 bits per heavy atom. The summed E-state index contributed by atoms with van der Waals surface area (Å²) in [5.41, 5.74) is -0.0809. The fourth-order valence-corrected chi connectivity index (χ4v) is 1.29. The molecule has 0 bridgehead atoms. The van der Waals surface area contributed by atoms with Crippen LogP contribution in [0.2, 0.25) is 5.02 Å². The van der Waals surface area contributed by atoms with Crippen molar-refractivity contribution in [2.24, 2.45) is 0 Å². The molecule has 2 nitrogen and oxygen atoms in total. The van der Waals surface area contributed by atoms with Crippen LogP contribution in [-0.2, 0) is 0 Å². The van der Waals surface area contributed by atoms with E-state index in [1.54, 1.807) is 0 Å². The van der Waals surface area contributed by atoms with E-state index in [4.69, 9.17) is 11.6 Å². The van der Waals surface area contributed by atoms with Crippen molar-refractivity contribution in [3.05, 3.63) is 34.6 Å². The van der Waals surface area contributed by atoms with Gasteiger partial charge in [-0.1, -0.05) is 38.4 Å². The number of rotatable bonds is 3. The Bertz CT molecular complexity index is 322. The lowest BCUT2D eigenvalue weighted by Crippen LogP contribution is -2.25. The van der Waals surface area contributed by atoms with E-state index < -0.39 is 11.7 Å². The van der Waals surface area contributed by atoms with Gasteiger partial charge in [0.25, 0.3) is 5.91 Å². The van der Waals surface area contributed by atoms with E-state index in [1.165, 1.54) is 18.2 Å². The van der Waals surface area contributed by atoms with Crippen LogP contribution in [0.5, 0.6) is 0 Å². The van der Waals surface area contributed by atoms with Crippen LogP contribution in [0.3, 0.4) is 0 Å². The maximum absolute atomic E-state index is 13.2. The Morgan fingerprint density at radius 1 is 1.44 bits per heavy atom. The van der Waals surface area contributed by atoms with Gasteiger partial charge in [0.05, 0.1) is 10.6 Å². The summed E-state index contributed by atoms with van der Waals surface area (Å²) in [6.45, 7) is 6.44. The second-order valence-electron chi connectivity index (χ2n) is 2.85. The van der Waals surface area contributed by atoms with Crippen LogP contribution in [0, 0.1) is 5.82 Å². The summed E-state index contributed by atoms with van der Waals surface area (Å²) in [6, 6.07) is 4.17. The van der Waals surface area contributed by atoms with Gasteiger partial charge in [0, 0.05) is 6.54 Å². The van der Waals surface area contributed by atoms with Crippen molar-refractivity contribution in [3.63, 3.8) is 0 Å². The van der Waals surface area contributed by atoms with Crippen LogP contribution in [0.4, 0.5) is 4.39 Å². The van der Waals surface area contributed by atoms with Crippen molar-refractivity contribution < 1.29 is 9.18 Å². The molecule has 0 aromatic heterocycles. The molecule has 0 aliphatic carbocycles. The summed E-state index contributed by atoms with van der Waals surface area (Å²) in [4.78, 5) is 11.4. The predicted octanol–water partition coefficient (Wildman–Crippen LogP) is 3.65.